The van der Waals surface area contributed by atoms with Crippen molar-refractivity contribution in [3.8, 4) is 0 Å². The lowest BCUT2D eigenvalue weighted by atomic mass is 10.0. The van der Waals surface area contributed by atoms with Crippen molar-refractivity contribution in [3.63, 3.8) is 0 Å². The van der Waals surface area contributed by atoms with Crippen molar-refractivity contribution < 1.29 is 9.59 Å². The molecule has 2 amide bonds. The van der Waals surface area contributed by atoms with Gasteiger partial charge < -0.3 is 9.80 Å². The van der Waals surface area contributed by atoms with E-state index in [1.807, 2.05) is 55.7 Å². The second-order valence-electron chi connectivity index (χ2n) is 6.81. The van der Waals surface area contributed by atoms with Crippen molar-refractivity contribution in [2.24, 2.45) is 0 Å². The highest BCUT2D eigenvalue weighted by Crippen LogP contribution is 2.15. The molecule has 1 saturated heterocycles. The molecule has 5 nitrogen and oxygen atoms in total. The van der Waals surface area contributed by atoms with Crippen LogP contribution in [0.3, 0.4) is 0 Å². The molecule has 0 N–H and O–H groups in total. The Hall–Kier alpha value is -1.88. The van der Waals surface area contributed by atoms with Gasteiger partial charge in [0.1, 0.15) is 0 Å². The molecule has 0 unspecified atom stereocenters. The van der Waals surface area contributed by atoms with E-state index in [4.69, 9.17) is 0 Å². The fraction of sp³-hybridized carbons (Fsp3) is 0.600. The number of hydrogen-bond acceptors (Lipinski definition) is 3. The molecule has 1 heterocycles. The van der Waals surface area contributed by atoms with Gasteiger partial charge in [-0.2, -0.15) is 0 Å². The molecule has 0 aromatic heterocycles. The van der Waals surface area contributed by atoms with Crippen LogP contribution in [0.1, 0.15) is 41.8 Å². The maximum absolute atomic E-state index is 12.9. The van der Waals surface area contributed by atoms with Gasteiger partial charge in [-0.15, -0.1) is 0 Å². The number of rotatable bonds is 5. The second-order valence-corrected chi connectivity index (χ2v) is 6.81. The van der Waals surface area contributed by atoms with Gasteiger partial charge in [-0.1, -0.05) is 17.7 Å². The molecule has 25 heavy (non-hydrogen) atoms. The number of carbonyl (C=O) groups is 2. The molecule has 0 aliphatic carbocycles. The highest BCUT2D eigenvalue weighted by Gasteiger charge is 2.23. The van der Waals surface area contributed by atoms with Crippen molar-refractivity contribution in [3.05, 3.63) is 34.9 Å². The van der Waals surface area contributed by atoms with Crippen LogP contribution < -0.4 is 0 Å². The average molecular weight is 345 g/mol. The number of carbonyl (C=O) groups excluding carboxylic acids is 2. The van der Waals surface area contributed by atoms with E-state index >= 15 is 0 Å². The Morgan fingerprint density at radius 3 is 2.44 bits per heavy atom. The van der Waals surface area contributed by atoms with Gasteiger partial charge in [0.2, 0.25) is 5.91 Å². The van der Waals surface area contributed by atoms with Crippen LogP contribution in [-0.4, -0.2) is 72.3 Å². The van der Waals surface area contributed by atoms with Gasteiger partial charge >= 0.3 is 0 Å². The molecule has 1 aliphatic rings. The summed E-state index contributed by atoms with van der Waals surface area (Å²) < 4.78 is 0. The van der Waals surface area contributed by atoms with E-state index in [9.17, 15) is 9.59 Å². The Bertz CT molecular complexity index is 611. The van der Waals surface area contributed by atoms with Crippen molar-refractivity contribution in [2.45, 2.75) is 34.1 Å². The minimum absolute atomic E-state index is 0.109. The summed E-state index contributed by atoms with van der Waals surface area (Å²) in [5.41, 5.74) is 2.93. The second kappa shape index (κ2) is 8.99. The van der Waals surface area contributed by atoms with Crippen LogP contribution in [0.25, 0.3) is 0 Å². The van der Waals surface area contributed by atoms with Crippen LogP contribution in [0, 0.1) is 13.8 Å². The number of likely N-dealkylation sites (N-methyl/N-ethyl adjacent to an activating group) is 1. The molecule has 1 aliphatic heterocycles. The summed E-state index contributed by atoms with van der Waals surface area (Å²) in [6.07, 6.45) is 0.905. The normalized spacial score (nSPS) is 15.8. The summed E-state index contributed by atoms with van der Waals surface area (Å²) in [5, 5.41) is 0. The van der Waals surface area contributed by atoms with E-state index in [-0.39, 0.29) is 11.8 Å². The monoisotopic (exact) mass is 345 g/mol. The summed E-state index contributed by atoms with van der Waals surface area (Å²) in [7, 11) is 0. The molecule has 0 spiro atoms. The number of amides is 2. The van der Waals surface area contributed by atoms with Crippen molar-refractivity contribution in [2.75, 3.05) is 45.8 Å². The van der Waals surface area contributed by atoms with E-state index < -0.39 is 0 Å². The summed E-state index contributed by atoms with van der Waals surface area (Å²) in [5.74, 6) is 0.289. The van der Waals surface area contributed by atoms with Crippen LogP contribution in [0.2, 0.25) is 0 Å². The molecular weight excluding hydrogens is 314 g/mol. The number of hydrogen-bond donors (Lipinski definition) is 0. The highest BCUT2D eigenvalue weighted by molar-refractivity contribution is 5.95. The Morgan fingerprint density at radius 2 is 1.76 bits per heavy atom. The first-order chi connectivity index (χ1) is 12.0. The Morgan fingerprint density at radius 1 is 1.04 bits per heavy atom. The van der Waals surface area contributed by atoms with E-state index in [2.05, 4.69) is 4.90 Å². The summed E-state index contributed by atoms with van der Waals surface area (Å²) in [4.78, 5) is 31.2. The van der Waals surface area contributed by atoms with Crippen LogP contribution in [0.4, 0.5) is 0 Å². The van der Waals surface area contributed by atoms with Gasteiger partial charge in [0.15, 0.2) is 0 Å². The van der Waals surface area contributed by atoms with E-state index in [0.717, 1.165) is 55.8 Å². The Labute approximate surface area is 151 Å². The summed E-state index contributed by atoms with van der Waals surface area (Å²) in [6, 6.07) is 6.02. The average Bonchev–Trinajstić information content (AvgIpc) is 2.83. The largest absolute Gasteiger partial charge is 0.342 e. The third-order valence-corrected chi connectivity index (χ3v) is 4.97. The zero-order valence-electron chi connectivity index (χ0n) is 16.0. The molecule has 0 atom stereocenters. The topological polar surface area (TPSA) is 43.9 Å². The van der Waals surface area contributed by atoms with Gasteiger partial charge in [-0.3, -0.25) is 14.5 Å². The third-order valence-electron chi connectivity index (χ3n) is 4.97. The van der Waals surface area contributed by atoms with Gasteiger partial charge in [0, 0.05) is 44.8 Å². The molecule has 0 radical (unpaired) electrons. The predicted molar refractivity (Wildman–Crippen MR) is 101 cm³/mol. The smallest absolute Gasteiger partial charge is 0.254 e. The fourth-order valence-corrected chi connectivity index (χ4v) is 3.34. The van der Waals surface area contributed by atoms with Gasteiger partial charge in [0.25, 0.3) is 5.91 Å². The lowest BCUT2D eigenvalue weighted by Gasteiger charge is -2.25. The fourth-order valence-electron chi connectivity index (χ4n) is 3.34. The molecule has 138 valence electrons. The Balaban J connectivity index is 1.98. The molecule has 5 heteroatoms. The van der Waals surface area contributed by atoms with Crippen LogP contribution in [0.15, 0.2) is 18.2 Å². The first-order valence-corrected chi connectivity index (χ1v) is 9.32. The van der Waals surface area contributed by atoms with Crippen LogP contribution in [0.5, 0.6) is 0 Å². The lowest BCUT2D eigenvalue weighted by molar-refractivity contribution is -0.132. The standard InChI is InChI=1S/C20H31N3O2/c1-5-22(6-2)19(24)15-21-10-7-11-23(13-12-21)20(25)18-14-16(3)8-9-17(18)4/h8-9,14H,5-7,10-13,15H2,1-4H3. The molecular formula is C20H31N3O2. The number of nitrogens with zero attached hydrogens (tertiary/aromatic N) is 3. The van der Waals surface area contributed by atoms with Crippen molar-refractivity contribution in [1.82, 2.24) is 14.7 Å². The maximum Gasteiger partial charge on any atom is 0.254 e. The summed E-state index contributed by atoms with van der Waals surface area (Å²) >= 11 is 0. The first-order valence-electron chi connectivity index (χ1n) is 9.32. The number of aryl methyl sites for hydroxylation is 2. The van der Waals surface area contributed by atoms with E-state index in [1.165, 1.54) is 0 Å². The van der Waals surface area contributed by atoms with Crippen molar-refractivity contribution in [1.29, 1.82) is 0 Å². The zero-order valence-corrected chi connectivity index (χ0v) is 16.0. The maximum atomic E-state index is 12.9. The quantitative estimate of drug-likeness (QED) is 0.823. The third kappa shape index (κ3) is 5.05. The molecule has 1 aromatic rings. The minimum Gasteiger partial charge on any atom is -0.342 e. The van der Waals surface area contributed by atoms with Crippen LogP contribution in [-0.2, 0) is 4.79 Å². The SMILES string of the molecule is CCN(CC)C(=O)CN1CCCN(C(=O)c2cc(C)ccc2C)CC1. The van der Waals surface area contributed by atoms with Crippen molar-refractivity contribution >= 4 is 11.8 Å². The Kier molecular flexibility index (Phi) is 7.00. The van der Waals surface area contributed by atoms with E-state index in [0.29, 0.717) is 13.1 Å². The molecule has 1 aromatic carbocycles. The van der Waals surface area contributed by atoms with E-state index in [1.54, 1.807) is 0 Å². The molecule has 0 bridgehead atoms. The molecule has 1 fully saturated rings. The lowest BCUT2D eigenvalue weighted by Crippen LogP contribution is -2.42. The summed E-state index contributed by atoms with van der Waals surface area (Å²) in [6.45, 7) is 13.0. The zero-order chi connectivity index (χ0) is 18.4. The highest BCUT2D eigenvalue weighted by atomic mass is 16.2. The molecule has 0 saturated carbocycles. The van der Waals surface area contributed by atoms with Crippen LogP contribution >= 0.6 is 0 Å². The predicted octanol–water partition coefficient (Wildman–Crippen LogP) is 2.32. The van der Waals surface area contributed by atoms with Gasteiger partial charge in [0.05, 0.1) is 6.54 Å². The van der Waals surface area contributed by atoms with Gasteiger partial charge in [-0.25, -0.2) is 0 Å². The van der Waals surface area contributed by atoms with Gasteiger partial charge in [-0.05, 0) is 45.7 Å². The number of benzene rings is 1. The molecule has 2 rings (SSSR count). The first kappa shape index (κ1) is 19.4. The minimum atomic E-state index is 0.109.